The smallest absolute Gasteiger partial charge is 0.336 e. The Kier molecular flexibility index (Phi) is 6.99. The molecule has 3 atom stereocenters. The van der Waals surface area contributed by atoms with Gasteiger partial charge in [-0.2, -0.15) is 0 Å². The lowest BCUT2D eigenvalue weighted by Gasteiger charge is -2.38. The van der Waals surface area contributed by atoms with E-state index < -0.39 is 17.8 Å². The summed E-state index contributed by atoms with van der Waals surface area (Å²) in [5.74, 6) is -0.673. The lowest BCUT2D eigenvalue weighted by atomic mass is 9.66. The van der Waals surface area contributed by atoms with Crippen molar-refractivity contribution < 1.29 is 19.1 Å². The number of allylic oxidation sites excluding steroid dienone is 1. The number of benzene rings is 2. The van der Waals surface area contributed by atoms with Gasteiger partial charge in [-0.3, -0.25) is 9.79 Å². The Labute approximate surface area is 199 Å². The fourth-order valence-electron chi connectivity index (χ4n) is 4.94. The van der Waals surface area contributed by atoms with Crippen LogP contribution in [0, 0.1) is 5.92 Å². The predicted octanol–water partition coefficient (Wildman–Crippen LogP) is 5.88. The average molecular weight is 466 g/mol. The Hall–Kier alpha value is -2.92. The largest absolute Gasteiger partial charge is 0.493 e. The molecule has 33 heavy (non-hydrogen) atoms. The van der Waals surface area contributed by atoms with E-state index in [0.717, 1.165) is 23.3 Å². The number of halogens is 1. The first kappa shape index (κ1) is 23.2. The summed E-state index contributed by atoms with van der Waals surface area (Å²) >= 11 is 6.05. The van der Waals surface area contributed by atoms with Gasteiger partial charge in [0.25, 0.3) is 0 Å². The molecule has 1 aliphatic carbocycles. The van der Waals surface area contributed by atoms with Crippen molar-refractivity contribution in [1.82, 2.24) is 0 Å². The van der Waals surface area contributed by atoms with E-state index in [1.54, 1.807) is 0 Å². The maximum atomic E-state index is 13.6. The molecule has 5 nitrogen and oxygen atoms in total. The minimum Gasteiger partial charge on any atom is -0.493 e. The minimum absolute atomic E-state index is 0.0319. The zero-order chi connectivity index (χ0) is 23.5. The SMILES string of the molecule is CCCOc1ccccc1[C@@H]1C(C(=O)OC)=C(C)N=C2C[C@@H](c3ccc(Cl)cc3)CC(=O)C21. The van der Waals surface area contributed by atoms with Crippen LogP contribution in [0.3, 0.4) is 0 Å². The van der Waals surface area contributed by atoms with Gasteiger partial charge in [-0.1, -0.05) is 48.9 Å². The summed E-state index contributed by atoms with van der Waals surface area (Å²) in [6.45, 7) is 4.41. The number of hydrogen-bond donors (Lipinski definition) is 0. The third-order valence-electron chi connectivity index (χ3n) is 6.42. The lowest BCUT2D eigenvalue weighted by molar-refractivity contribution is -0.136. The first-order valence-corrected chi connectivity index (χ1v) is 11.7. The Morgan fingerprint density at radius 3 is 2.52 bits per heavy atom. The van der Waals surface area contributed by atoms with E-state index in [2.05, 4.69) is 0 Å². The first-order valence-electron chi connectivity index (χ1n) is 11.3. The van der Waals surface area contributed by atoms with E-state index in [0.29, 0.717) is 41.5 Å². The van der Waals surface area contributed by atoms with Gasteiger partial charge < -0.3 is 9.47 Å². The van der Waals surface area contributed by atoms with Crippen molar-refractivity contribution in [2.45, 2.75) is 44.9 Å². The highest BCUT2D eigenvalue weighted by Gasteiger charge is 2.46. The molecule has 0 aromatic heterocycles. The van der Waals surface area contributed by atoms with Crippen molar-refractivity contribution in [2.24, 2.45) is 10.9 Å². The van der Waals surface area contributed by atoms with Crippen molar-refractivity contribution in [3.8, 4) is 5.75 Å². The van der Waals surface area contributed by atoms with E-state index in [4.69, 9.17) is 26.1 Å². The minimum atomic E-state index is -0.516. The molecule has 172 valence electrons. The summed E-state index contributed by atoms with van der Waals surface area (Å²) in [5.41, 5.74) is 3.72. The number of nitrogens with zero attached hydrogens (tertiary/aromatic N) is 1. The number of esters is 1. The predicted molar refractivity (Wildman–Crippen MR) is 129 cm³/mol. The Morgan fingerprint density at radius 1 is 1.09 bits per heavy atom. The van der Waals surface area contributed by atoms with Crippen molar-refractivity contribution in [3.05, 3.63) is 76.0 Å². The van der Waals surface area contributed by atoms with Gasteiger partial charge in [0, 0.05) is 34.3 Å². The van der Waals surface area contributed by atoms with Gasteiger partial charge in [0.1, 0.15) is 11.5 Å². The van der Waals surface area contributed by atoms with Crippen LogP contribution in [-0.2, 0) is 14.3 Å². The summed E-state index contributed by atoms with van der Waals surface area (Å²) in [5, 5.41) is 0.666. The molecule has 0 N–H and O–H groups in total. The molecule has 0 saturated heterocycles. The zero-order valence-electron chi connectivity index (χ0n) is 19.1. The monoisotopic (exact) mass is 465 g/mol. The average Bonchev–Trinajstić information content (AvgIpc) is 2.82. The summed E-state index contributed by atoms with van der Waals surface area (Å²) < 4.78 is 11.1. The Morgan fingerprint density at radius 2 is 1.82 bits per heavy atom. The summed E-state index contributed by atoms with van der Waals surface area (Å²) in [6, 6.07) is 15.3. The Bertz CT molecular complexity index is 1120. The molecule has 1 fully saturated rings. The molecular weight excluding hydrogens is 438 g/mol. The maximum absolute atomic E-state index is 13.6. The number of methoxy groups -OCH3 is 1. The maximum Gasteiger partial charge on any atom is 0.336 e. The topological polar surface area (TPSA) is 65.0 Å². The third kappa shape index (κ3) is 4.60. The molecule has 1 heterocycles. The molecule has 1 aliphatic heterocycles. The van der Waals surface area contributed by atoms with E-state index in [9.17, 15) is 9.59 Å². The number of hydrogen-bond acceptors (Lipinski definition) is 5. The van der Waals surface area contributed by atoms with Crippen molar-refractivity contribution in [1.29, 1.82) is 0 Å². The van der Waals surface area contributed by atoms with E-state index in [-0.39, 0.29) is 11.7 Å². The molecule has 2 aliphatic rings. The first-order chi connectivity index (χ1) is 15.9. The van der Waals surface area contributed by atoms with Crippen LogP contribution in [-0.4, -0.2) is 31.2 Å². The van der Waals surface area contributed by atoms with Gasteiger partial charge in [-0.05, 0) is 49.4 Å². The van der Waals surface area contributed by atoms with Gasteiger partial charge in [-0.15, -0.1) is 0 Å². The van der Waals surface area contributed by atoms with Crippen LogP contribution in [0.15, 0.2) is 64.8 Å². The van der Waals surface area contributed by atoms with E-state index in [1.165, 1.54) is 7.11 Å². The van der Waals surface area contributed by atoms with Gasteiger partial charge in [0.2, 0.25) is 0 Å². The van der Waals surface area contributed by atoms with Crippen LogP contribution in [0.2, 0.25) is 5.02 Å². The van der Waals surface area contributed by atoms with Gasteiger partial charge in [0.15, 0.2) is 0 Å². The normalized spacial score (nSPS) is 22.5. The number of fused-ring (bicyclic) bond motifs is 1. The molecule has 2 aromatic carbocycles. The number of carbonyl (C=O) groups excluding carboxylic acids is 2. The molecule has 6 heteroatoms. The zero-order valence-corrected chi connectivity index (χ0v) is 19.9. The molecule has 0 bridgehead atoms. The van der Waals surface area contributed by atoms with E-state index in [1.807, 2.05) is 62.4 Å². The number of carbonyl (C=O) groups is 2. The number of Topliss-reactive ketones (excluding diaryl/α,β-unsaturated/α-hetero) is 1. The van der Waals surface area contributed by atoms with Crippen LogP contribution >= 0.6 is 11.6 Å². The van der Waals surface area contributed by atoms with Crippen molar-refractivity contribution in [2.75, 3.05) is 13.7 Å². The number of ketones is 1. The molecule has 1 unspecified atom stereocenters. The molecule has 2 aromatic rings. The summed E-state index contributed by atoms with van der Waals surface area (Å²) in [6.07, 6.45) is 1.89. The van der Waals surface area contributed by atoms with Crippen molar-refractivity contribution >= 4 is 29.1 Å². The third-order valence-corrected chi connectivity index (χ3v) is 6.67. The van der Waals surface area contributed by atoms with Gasteiger partial charge in [-0.25, -0.2) is 4.79 Å². The van der Waals surface area contributed by atoms with Gasteiger partial charge >= 0.3 is 5.97 Å². The van der Waals surface area contributed by atoms with Crippen LogP contribution in [0.25, 0.3) is 0 Å². The second-order valence-electron chi connectivity index (χ2n) is 8.56. The second kappa shape index (κ2) is 9.92. The van der Waals surface area contributed by atoms with Gasteiger partial charge in [0.05, 0.1) is 25.2 Å². The molecular formula is C27H28ClNO4. The highest BCUT2D eigenvalue weighted by molar-refractivity contribution is 6.30. The van der Waals surface area contributed by atoms with Crippen molar-refractivity contribution in [3.63, 3.8) is 0 Å². The summed E-state index contributed by atoms with van der Waals surface area (Å²) in [4.78, 5) is 31.3. The number of rotatable bonds is 6. The fraction of sp³-hybridized carbons (Fsp3) is 0.370. The van der Waals surface area contributed by atoms with Crippen LogP contribution in [0.5, 0.6) is 5.75 Å². The number of ether oxygens (including phenoxy) is 2. The van der Waals surface area contributed by atoms with Crippen LogP contribution < -0.4 is 4.74 Å². The molecule has 0 radical (unpaired) electrons. The standard InChI is InChI=1S/C27H28ClNO4/c1-4-13-33-23-8-6-5-7-20(23)25-24(27(31)32-3)16(2)29-21-14-18(15-22(30)26(21)25)17-9-11-19(28)12-10-17/h5-12,18,25-26H,4,13-15H2,1-3H3/t18-,25-,26?/m1/s1. The molecule has 0 spiro atoms. The molecule has 0 amide bonds. The highest BCUT2D eigenvalue weighted by Crippen LogP contribution is 2.48. The molecule has 4 rings (SSSR count). The lowest BCUT2D eigenvalue weighted by Crippen LogP contribution is -2.41. The second-order valence-corrected chi connectivity index (χ2v) is 8.99. The number of para-hydroxylation sites is 1. The van der Waals surface area contributed by atoms with Crippen LogP contribution in [0.4, 0.5) is 0 Å². The fourth-order valence-corrected chi connectivity index (χ4v) is 5.07. The Balaban J connectivity index is 1.79. The highest BCUT2D eigenvalue weighted by atomic mass is 35.5. The quantitative estimate of drug-likeness (QED) is 0.500. The van der Waals surface area contributed by atoms with Crippen LogP contribution in [0.1, 0.15) is 56.1 Å². The summed E-state index contributed by atoms with van der Waals surface area (Å²) in [7, 11) is 1.36. The van der Waals surface area contributed by atoms with E-state index >= 15 is 0 Å². The number of aliphatic imine (C=N–C) groups is 1. The molecule has 1 saturated carbocycles.